The van der Waals surface area contributed by atoms with E-state index in [1.54, 1.807) is 22.6 Å². The van der Waals surface area contributed by atoms with E-state index in [1.165, 1.54) is 17.7 Å². The fourth-order valence-electron chi connectivity index (χ4n) is 5.93. The number of carboxylic acids is 1. The molecule has 2 saturated heterocycles. The summed E-state index contributed by atoms with van der Waals surface area (Å²) in [6.45, 7) is 8.30. The molecule has 4 heterocycles. The first-order chi connectivity index (χ1) is 20.1. The molecule has 9 nitrogen and oxygen atoms in total. The highest BCUT2D eigenvalue weighted by atomic mass is 32.2. The third-order valence-corrected chi connectivity index (χ3v) is 11.2. The number of benzene rings is 1. The van der Waals surface area contributed by atoms with Crippen LogP contribution in [-0.4, -0.2) is 76.7 Å². The molecule has 0 radical (unpaired) electrons. The summed E-state index contributed by atoms with van der Waals surface area (Å²) in [7, 11) is -3.17. The van der Waals surface area contributed by atoms with E-state index >= 15 is 0 Å². The molecule has 3 aromatic rings. The standard InChI is InChI=1S/C27H36N4O3S2.C2HF3O2/c1-4-36(33,34)30-9-7-19(8-10-30)25-14-29-26-23(25)12-20(13-24(26)27(28)32)21-11-22(35-16-21)15-31-17(2)5-6-18(31)3;3-2(4,5)1(6)7/h11-14,16-19,29H,4-10,15H2,1-3H3,(H2,28,32);(H,6,7)/t17-,18?;/m1./s1. The number of H-pyrrole nitrogens is 1. The van der Waals surface area contributed by atoms with Crippen LogP contribution < -0.4 is 5.73 Å². The van der Waals surface area contributed by atoms with Crippen LogP contribution in [0.25, 0.3) is 22.0 Å². The Kier molecular flexibility index (Phi) is 9.94. The smallest absolute Gasteiger partial charge is 0.475 e. The number of carbonyl (C=O) groups is 2. The van der Waals surface area contributed by atoms with Gasteiger partial charge in [-0.05, 0) is 92.6 Å². The average Bonchev–Trinajstić information content (AvgIpc) is 3.68. The number of thiophene rings is 1. The number of primary amides is 1. The van der Waals surface area contributed by atoms with Crippen molar-refractivity contribution < 1.29 is 36.3 Å². The van der Waals surface area contributed by atoms with Crippen molar-refractivity contribution in [2.45, 2.75) is 77.2 Å². The number of aliphatic carboxylic acids is 1. The van der Waals surface area contributed by atoms with Crippen molar-refractivity contribution in [3.8, 4) is 11.1 Å². The number of sulfonamides is 1. The summed E-state index contributed by atoms with van der Waals surface area (Å²) in [4.78, 5) is 28.5. The first-order valence-electron chi connectivity index (χ1n) is 14.2. The number of rotatable bonds is 7. The van der Waals surface area contributed by atoms with Gasteiger partial charge >= 0.3 is 12.1 Å². The second kappa shape index (κ2) is 13.0. The monoisotopic (exact) mass is 642 g/mol. The molecular weight excluding hydrogens is 605 g/mol. The fraction of sp³-hybridized carbons (Fsp3) is 0.517. The molecule has 14 heteroatoms. The Morgan fingerprint density at radius 1 is 1.07 bits per heavy atom. The van der Waals surface area contributed by atoms with E-state index in [0.29, 0.717) is 30.7 Å². The van der Waals surface area contributed by atoms with E-state index in [4.69, 9.17) is 15.6 Å². The molecule has 4 N–H and O–H groups in total. The van der Waals surface area contributed by atoms with Gasteiger partial charge in [0.05, 0.1) is 16.8 Å². The second-order valence-electron chi connectivity index (χ2n) is 11.2. The highest BCUT2D eigenvalue weighted by Crippen LogP contribution is 2.38. The molecule has 236 valence electrons. The number of nitrogens with zero attached hydrogens (tertiary/aromatic N) is 2. The Morgan fingerprint density at radius 3 is 2.21 bits per heavy atom. The Labute approximate surface area is 252 Å². The number of nitrogens with two attached hydrogens (primary N) is 1. The molecule has 0 saturated carbocycles. The third-order valence-electron chi connectivity index (χ3n) is 8.44. The molecule has 0 spiro atoms. The summed E-state index contributed by atoms with van der Waals surface area (Å²) in [5.41, 5.74) is 10.3. The minimum absolute atomic E-state index is 0.133. The molecule has 2 aliphatic heterocycles. The molecule has 2 fully saturated rings. The Hall–Kier alpha value is -2.94. The summed E-state index contributed by atoms with van der Waals surface area (Å²) in [5.74, 6) is -2.84. The zero-order chi connectivity index (χ0) is 31.7. The van der Waals surface area contributed by atoms with Gasteiger partial charge in [0.1, 0.15) is 0 Å². The van der Waals surface area contributed by atoms with E-state index < -0.39 is 28.1 Å². The first kappa shape index (κ1) is 33.0. The number of piperidine rings is 1. The number of aromatic nitrogens is 1. The van der Waals surface area contributed by atoms with E-state index in [0.717, 1.165) is 47.0 Å². The predicted octanol–water partition coefficient (Wildman–Crippen LogP) is 5.53. The van der Waals surface area contributed by atoms with Gasteiger partial charge in [-0.2, -0.15) is 13.2 Å². The van der Waals surface area contributed by atoms with Crippen LogP contribution in [0.3, 0.4) is 0 Å². The van der Waals surface area contributed by atoms with Crippen molar-refractivity contribution in [1.29, 1.82) is 0 Å². The summed E-state index contributed by atoms with van der Waals surface area (Å²) < 4.78 is 57.9. The van der Waals surface area contributed by atoms with E-state index in [1.807, 2.05) is 12.3 Å². The number of halogens is 3. The van der Waals surface area contributed by atoms with Crippen molar-refractivity contribution in [2.24, 2.45) is 5.73 Å². The first-order valence-corrected chi connectivity index (χ1v) is 16.7. The van der Waals surface area contributed by atoms with Crippen LogP contribution in [0.5, 0.6) is 0 Å². The number of fused-ring (bicyclic) bond motifs is 1. The molecule has 2 atom stereocenters. The van der Waals surface area contributed by atoms with Gasteiger partial charge in [0.25, 0.3) is 5.91 Å². The number of hydrogen-bond acceptors (Lipinski definition) is 6. The molecule has 2 aromatic heterocycles. The number of carbonyl (C=O) groups excluding carboxylic acids is 1. The van der Waals surface area contributed by atoms with Gasteiger partial charge in [0.2, 0.25) is 10.0 Å². The van der Waals surface area contributed by atoms with Gasteiger partial charge in [-0.15, -0.1) is 11.3 Å². The highest BCUT2D eigenvalue weighted by Gasteiger charge is 2.38. The largest absolute Gasteiger partial charge is 0.490 e. The predicted molar refractivity (Wildman–Crippen MR) is 161 cm³/mol. The van der Waals surface area contributed by atoms with Crippen LogP contribution in [0.1, 0.15) is 73.2 Å². The average molecular weight is 643 g/mol. The third kappa shape index (κ3) is 7.41. The Balaban J connectivity index is 0.000000541. The van der Waals surface area contributed by atoms with Crippen LogP contribution in [0.15, 0.2) is 29.8 Å². The van der Waals surface area contributed by atoms with E-state index in [-0.39, 0.29) is 11.7 Å². The minimum atomic E-state index is -5.08. The van der Waals surface area contributed by atoms with Crippen LogP contribution in [0.2, 0.25) is 0 Å². The van der Waals surface area contributed by atoms with Crippen LogP contribution >= 0.6 is 11.3 Å². The minimum Gasteiger partial charge on any atom is -0.475 e. The van der Waals surface area contributed by atoms with Gasteiger partial charge in [-0.3, -0.25) is 9.69 Å². The summed E-state index contributed by atoms with van der Waals surface area (Å²) >= 11 is 1.77. The lowest BCUT2D eigenvalue weighted by Crippen LogP contribution is -2.38. The van der Waals surface area contributed by atoms with Gasteiger partial charge in [-0.25, -0.2) is 17.5 Å². The lowest BCUT2D eigenvalue weighted by atomic mass is 9.88. The summed E-state index contributed by atoms with van der Waals surface area (Å²) in [5, 5.41) is 10.3. The maximum Gasteiger partial charge on any atom is 0.490 e. The zero-order valence-corrected chi connectivity index (χ0v) is 25.9. The van der Waals surface area contributed by atoms with Crippen molar-refractivity contribution in [2.75, 3.05) is 18.8 Å². The molecule has 1 aromatic carbocycles. The number of aromatic amines is 1. The molecule has 1 unspecified atom stereocenters. The maximum atomic E-state index is 12.4. The zero-order valence-electron chi connectivity index (χ0n) is 24.3. The fourth-order valence-corrected chi connectivity index (χ4v) is 7.97. The summed E-state index contributed by atoms with van der Waals surface area (Å²) in [6, 6.07) is 7.51. The molecule has 0 bridgehead atoms. The number of alkyl halides is 3. The number of likely N-dealkylation sites (tertiary alicyclic amines) is 1. The number of amides is 1. The van der Waals surface area contributed by atoms with Crippen LogP contribution in [0.4, 0.5) is 13.2 Å². The normalized spacial score (nSPS) is 20.7. The van der Waals surface area contributed by atoms with E-state index in [9.17, 15) is 26.4 Å². The topological polar surface area (TPSA) is 137 Å². The Morgan fingerprint density at radius 2 is 1.67 bits per heavy atom. The lowest BCUT2D eigenvalue weighted by Gasteiger charge is -2.31. The van der Waals surface area contributed by atoms with Crippen LogP contribution in [0, 0.1) is 0 Å². The van der Waals surface area contributed by atoms with Crippen molar-refractivity contribution in [3.05, 3.63) is 45.8 Å². The van der Waals surface area contributed by atoms with Gasteiger partial charge in [0.15, 0.2) is 0 Å². The van der Waals surface area contributed by atoms with Gasteiger partial charge < -0.3 is 15.8 Å². The summed E-state index contributed by atoms with van der Waals surface area (Å²) in [6.07, 6.45) is 0.911. The van der Waals surface area contributed by atoms with Gasteiger partial charge in [-0.1, -0.05) is 0 Å². The van der Waals surface area contributed by atoms with E-state index in [2.05, 4.69) is 41.2 Å². The number of hydrogen-bond donors (Lipinski definition) is 3. The van der Waals surface area contributed by atoms with Gasteiger partial charge in [0, 0.05) is 48.2 Å². The SMILES string of the molecule is CCS(=O)(=O)N1CCC(c2c[nH]c3c(C(N)=O)cc(-c4csc(CN5C(C)CC[C@H]5C)c4)cc23)CC1.O=C(O)C(F)(F)F. The van der Waals surface area contributed by atoms with Crippen molar-refractivity contribution >= 4 is 44.1 Å². The molecule has 0 aliphatic carbocycles. The molecular formula is C29H37F3N4O5S2. The lowest BCUT2D eigenvalue weighted by molar-refractivity contribution is -0.192. The second-order valence-corrected chi connectivity index (χ2v) is 14.4. The quantitative estimate of drug-likeness (QED) is 0.310. The molecule has 43 heavy (non-hydrogen) atoms. The molecule has 2 aliphatic rings. The Bertz CT molecular complexity index is 1570. The highest BCUT2D eigenvalue weighted by molar-refractivity contribution is 7.89. The maximum absolute atomic E-state index is 12.4. The molecule has 5 rings (SSSR count). The van der Waals surface area contributed by atoms with Crippen molar-refractivity contribution in [3.63, 3.8) is 0 Å². The number of nitrogens with one attached hydrogen (secondary N) is 1. The van der Waals surface area contributed by atoms with Crippen LogP contribution in [-0.2, 0) is 21.4 Å². The number of carboxylic acid groups (broad SMARTS) is 1. The molecule has 1 amide bonds. The van der Waals surface area contributed by atoms with Crippen molar-refractivity contribution in [1.82, 2.24) is 14.2 Å².